The van der Waals surface area contributed by atoms with E-state index >= 15 is 0 Å². The highest BCUT2D eigenvalue weighted by Gasteiger charge is 2.31. The zero-order valence-electron chi connectivity index (χ0n) is 12.3. The third-order valence-electron chi connectivity index (χ3n) is 4.19. The van der Waals surface area contributed by atoms with E-state index in [9.17, 15) is 0 Å². The van der Waals surface area contributed by atoms with Gasteiger partial charge in [-0.05, 0) is 45.7 Å². The van der Waals surface area contributed by atoms with Crippen LogP contribution in [0.2, 0.25) is 5.02 Å². The molecule has 108 valence electrons. The van der Waals surface area contributed by atoms with Crippen LogP contribution in [0.3, 0.4) is 0 Å². The molecule has 1 aromatic heterocycles. The topological polar surface area (TPSA) is 29.9 Å². The highest BCUT2D eigenvalue weighted by molar-refractivity contribution is 6.31. The SMILES string of the molecule is CCNCC1CCCCC1c1c(Cl)cnn1C(C)C. The molecule has 0 amide bonds. The Hall–Kier alpha value is -0.540. The molecule has 1 saturated carbocycles. The van der Waals surface area contributed by atoms with Crippen molar-refractivity contribution in [2.75, 3.05) is 13.1 Å². The summed E-state index contributed by atoms with van der Waals surface area (Å²) in [7, 11) is 0. The smallest absolute Gasteiger partial charge is 0.0820 e. The van der Waals surface area contributed by atoms with Gasteiger partial charge in [0.05, 0.1) is 16.9 Å². The Morgan fingerprint density at radius 2 is 2.16 bits per heavy atom. The fourth-order valence-electron chi connectivity index (χ4n) is 3.25. The highest BCUT2D eigenvalue weighted by Crippen LogP contribution is 2.40. The van der Waals surface area contributed by atoms with Gasteiger partial charge in [0, 0.05) is 12.0 Å². The average Bonchev–Trinajstić information content (AvgIpc) is 2.78. The van der Waals surface area contributed by atoms with Crippen LogP contribution in [-0.4, -0.2) is 22.9 Å². The van der Waals surface area contributed by atoms with E-state index in [0.717, 1.165) is 18.1 Å². The Morgan fingerprint density at radius 3 is 2.84 bits per heavy atom. The zero-order valence-corrected chi connectivity index (χ0v) is 13.1. The van der Waals surface area contributed by atoms with Gasteiger partial charge < -0.3 is 5.32 Å². The van der Waals surface area contributed by atoms with Gasteiger partial charge in [-0.25, -0.2) is 0 Å². The van der Waals surface area contributed by atoms with E-state index in [-0.39, 0.29) is 0 Å². The number of nitrogens with one attached hydrogen (secondary N) is 1. The van der Waals surface area contributed by atoms with Crippen LogP contribution in [0.15, 0.2) is 6.20 Å². The van der Waals surface area contributed by atoms with Crippen molar-refractivity contribution in [2.45, 2.75) is 58.4 Å². The lowest BCUT2D eigenvalue weighted by molar-refractivity contribution is 0.281. The van der Waals surface area contributed by atoms with Gasteiger partial charge in [0.15, 0.2) is 0 Å². The molecule has 1 aliphatic carbocycles. The predicted molar refractivity (Wildman–Crippen MR) is 80.9 cm³/mol. The molecule has 1 aliphatic rings. The number of halogens is 1. The first-order valence-electron chi connectivity index (χ1n) is 7.58. The first kappa shape index (κ1) is 14.9. The number of rotatable bonds is 5. The second-order valence-corrected chi connectivity index (χ2v) is 6.28. The minimum absolute atomic E-state index is 0.379. The molecule has 1 aromatic rings. The second-order valence-electron chi connectivity index (χ2n) is 5.87. The van der Waals surface area contributed by atoms with E-state index in [0.29, 0.717) is 17.9 Å². The lowest BCUT2D eigenvalue weighted by Crippen LogP contribution is -2.31. The van der Waals surface area contributed by atoms with E-state index in [4.69, 9.17) is 11.6 Å². The lowest BCUT2D eigenvalue weighted by Gasteiger charge is -2.33. The summed E-state index contributed by atoms with van der Waals surface area (Å²) in [6.07, 6.45) is 7.02. The molecule has 19 heavy (non-hydrogen) atoms. The van der Waals surface area contributed by atoms with Gasteiger partial charge in [-0.15, -0.1) is 0 Å². The Bertz CT molecular complexity index is 400. The van der Waals surface area contributed by atoms with Crippen molar-refractivity contribution >= 4 is 11.6 Å². The van der Waals surface area contributed by atoms with E-state index in [1.807, 2.05) is 6.20 Å². The molecule has 2 rings (SSSR count). The van der Waals surface area contributed by atoms with Crippen LogP contribution in [0, 0.1) is 5.92 Å². The van der Waals surface area contributed by atoms with Crippen LogP contribution in [0.25, 0.3) is 0 Å². The van der Waals surface area contributed by atoms with Crippen LogP contribution in [0.1, 0.15) is 64.1 Å². The van der Waals surface area contributed by atoms with Crippen molar-refractivity contribution in [3.05, 3.63) is 16.9 Å². The lowest BCUT2D eigenvalue weighted by atomic mass is 9.77. The molecule has 0 aliphatic heterocycles. The van der Waals surface area contributed by atoms with Crippen LogP contribution in [0.4, 0.5) is 0 Å². The van der Waals surface area contributed by atoms with Gasteiger partial charge in [0.25, 0.3) is 0 Å². The Labute approximate surface area is 121 Å². The van der Waals surface area contributed by atoms with Crippen molar-refractivity contribution in [1.82, 2.24) is 15.1 Å². The summed E-state index contributed by atoms with van der Waals surface area (Å²) < 4.78 is 2.12. The van der Waals surface area contributed by atoms with Crippen molar-refractivity contribution < 1.29 is 0 Å². The molecule has 1 fully saturated rings. The molecule has 2 unspecified atom stereocenters. The van der Waals surface area contributed by atoms with Gasteiger partial charge in [-0.1, -0.05) is 31.4 Å². The first-order valence-corrected chi connectivity index (χ1v) is 7.96. The standard InChI is InChI=1S/C15H26ClN3/c1-4-17-9-12-7-5-6-8-13(12)15-14(16)10-18-19(15)11(2)3/h10-13,17H,4-9H2,1-3H3. The monoisotopic (exact) mass is 283 g/mol. The third-order valence-corrected chi connectivity index (χ3v) is 4.48. The number of nitrogens with zero attached hydrogens (tertiary/aromatic N) is 2. The van der Waals surface area contributed by atoms with Gasteiger partial charge in [0.1, 0.15) is 0 Å². The summed E-state index contributed by atoms with van der Waals surface area (Å²) in [5.74, 6) is 1.26. The summed E-state index contributed by atoms with van der Waals surface area (Å²) >= 11 is 6.42. The van der Waals surface area contributed by atoms with E-state index in [1.165, 1.54) is 31.4 Å². The highest BCUT2D eigenvalue weighted by atomic mass is 35.5. The van der Waals surface area contributed by atoms with Gasteiger partial charge in [0.2, 0.25) is 0 Å². The maximum absolute atomic E-state index is 6.42. The van der Waals surface area contributed by atoms with Gasteiger partial charge in [-0.3, -0.25) is 4.68 Å². The van der Waals surface area contributed by atoms with E-state index in [1.54, 1.807) is 0 Å². The Morgan fingerprint density at radius 1 is 1.42 bits per heavy atom. The van der Waals surface area contributed by atoms with Crippen molar-refractivity contribution in [1.29, 1.82) is 0 Å². The summed E-state index contributed by atoms with van der Waals surface area (Å²) in [4.78, 5) is 0. The molecular weight excluding hydrogens is 258 g/mol. The molecule has 0 aromatic carbocycles. The van der Waals surface area contributed by atoms with E-state index in [2.05, 4.69) is 35.9 Å². The number of hydrogen-bond donors (Lipinski definition) is 1. The minimum atomic E-state index is 0.379. The van der Waals surface area contributed by atoms with Gasteiger partial charge in [-0.2, -0.15) is 5.10 Å². The van der Waals surface area contributed by atoms with Crippen LogP contribution in [-0.2, 0) is 0 Å². The second kappa shape index (κ2) is 6.76. The summed E-state index contributed by atoms with van der Waals surface area (Å²) in [6, 6.07) is 0.379. The van der Waals surface area contributed by atoms with Crippen LogP contribution >= 0.6 is 11.6 Å². The molecule has 2 atom stereocenters. The molecule has 4 heteroatoms. The van der Waals surface area contributed by atoms with Crippen LogP contribution < -0.4 is 5.32 Å². The quantitative estimate of drug-likeness (QED) is 0.885. The molecule has 1 N–H and O–H groups in total. The molecule has 0 spiro atoms. The molecule has 3 nitrogen and oxygen atoms in total. The van der Waals surface area contributed by atoms with Crippen molar-refractivity contribution in [3.8, 4) is 0 Å². The fraction of sp³-hybridized carbons (Fsp3) is 0.800. The largest absolute Gasteiger partial charge is 0.317 e. The maximum atomic E-state index is 6.42. The number of hydrogen-bond acceptors (Lipinski definition) is 2. The molecule has 0 bridgehead atoms. The normalized spacial score (nSPS) is 24.1. The molecular formula is C15H26ClN3. The summed E-state index contributed by atoms with van der Waals surface area (Å²) in [6.45, 7) is 8.66. The third kappa shape index (κ3) is 3.32. The fourth-order valence-corrected chi connectivity index (χ4v) is 3.52. The predicted octanol–water partition coefficient (Wildman–Crippen LogP) is 4.00. The molecule has 0 radical (unpaired) electrons. The first-order chi connectivity index (χ1) is 9.15. The maximum Gasteiger partial charge on any atom is 0.0820 e. The Balaban J connectivity index is 2.24. The molecule has 0 saturated heterocycles. The van der Waals surface area contributed by atoms with Crippen molar-refractivity contribution in [2.24, 2.45) is 5.92 Å². The van der Waals surface area contributed by atoms with Crippen LogP contribution in [0.5, 0.6) is 0 Å². The zero-order chi connectivity index (χ0) is 13.8. The average molecular weight is 284 g/mol. The molecule has 1 heterocycles. The van der Waals surface area contributed by atoms with Crippen molar-refractivity contribution in [3.63, 3.8) is 0 Å². The minimum Gasteiger partial charge on any atom is -0.317 e. The van der Waals surface area contributed by atoms with Gasteiger partial charge >= 0.3 is 0 Å². The Kier molecular flexibility index (Phi) is 5.28. The van der Waals surface area contributed by atoms with E-state index < -0.39 is 0 Å². The summed E-state index contributed by atoms with van der Waals surface area (Å²) in [5, 5.41) is 8.82. The number of aromatic nitrogens is 2. The summed E-state index contributed by atoms with van der Waals surface area (Å²) in [5.41, 5.74) is 1.26.